The summed E-state index contributed by atoms with van der Waals surface area (Å²) in [7, 11) is 0. The first-order valence-corrected chi connectivity index (χ1v) is 6.65. The average molecular weight is 274 g/mol. The number of benzene rings is 2. The number of rotatable bonds is 0. The molecule has 0 spiro atoms. The Labute approximate surface area is 124 Å². The number of hydrogen-bond acceptors (Lipinski definition) is 2. The van der Waals surface area contributed by atoms with Gasteiger partial charge in [0.2, 0.25) is 0 Å². The normalized spacial score (nSPS) is 8.20. The Balaban J connectivity index is 0. The fourth-order valence-corrected chi connectivity index (χ4v) is 1.17. The lowest BCUT2D eigenvalue weighted by Crippen LogP contribution is -1.85. The van der Waals surface area contributed by atoms with E-state index in [1.54, 1.807) is 0 Å². The van der Waals surface area contributed by atoms with Gasteiger partial charge in [-0.2, -0.15) is 0 Å². The highest BCUT2D eigenvalue weighted by Gasteiger charge is 1.85. The molecular weight excluding hydrogens is 244 g/mol. The molecule has 0 aromatic heterocycles. The number of nitrogen functional groups attached to an aromatic ring is 2. The molecule has 20 heavy (non-hydrogen) atoms. The topological polar surface area (TPSA) is 52.0 Å². The lowest BCUT2D eigenvalue weighted by molar-refractivity contribution is 1.09. The second-order valence-corrected chi connectivity index (χ2v) is 4.42. The summed E-state index contributed by atoms with van der Waals surface area (Å²) in [5.74, 6) is 0. The highest BCUT2D eigenvalue weighted by atomic mass is 14.5. The van der Waals surface area contributed by atoms with E-state index in [2.05, 4.69) is 13.8 Å². The van der Waals surface area contributed by atoms with Gasteiger partial charge in [-0.3, -0.25) is 0 Å². The lowest BCUT2D eigenvalue weighted by Gasteiger charge is -1.93. The summed E-state index contributed by atoms with van der Waals surface area (Å²) in [6, 6.07) is 15.6. The van der Waals surface area contributed by atoms with Crippen LogP contribution in [0.15, 0.2) is 48.5 Å². The monoisotopic (exact) mass is 274 g/mol. The molecule has 2 rings (SSSR count). The smallest absolute Gasteiger partial charge is 0.0343 e. The number of anilines is 2. The van der Waals surface area contributed by atoms with Gasteiger partial charge in [-0.1, -0.05) is 64.1 Å². The highest BCUT2D eigenvalue weighted by molar-refractivity contribution is 5.45. The van der Waals surface area contributed by atoms with Crippen LogP contribution in [0.25, 0.3) is 0 Å². The van der Waals surface area contributed by atoms with Crippen LogP contribution in [-0.2, 0) is 0 Å². The Hall–Kier alpha value is -1.96. The Morgan fingerprint density at radius 1 is 0.700 bits per heavy atom. The van der Waals surface area contributed by atoms with Crippen molar-refractivity contribution < 1.29 is 0 Å². The van der Waals surface area contributed by atoms with Gasteiger partial charge in [0.05, 0.1) is 0 Å². The van der Waals surface area contributed by atoms with Gasteiger partial charge in [-0.05, 0) is 37.1 Å². The van der Waals surface area contributed by atoms with Crippen LogP contribution in [0.2, 0.25) is 0 Å². The number of aryl methyl sites for hydroxylation is 2. The molecule has 0 bridgehead atoms. The fourth-order valence-electron chi connectivity index (χ4n) is 1.17. The minimum Gasteiger partial charge on any atom is -0.399 e. The second kappa shape index (κ2) is 12.1. The van der Waals surface area contributed by atoms with Crippen molar-refractivity contribution in [3.05, 3.63) is 59.7 Å². The molecule has 0 saturated carbocycles. The zero-order valence-corrected chi connectivity index (χ0v) is 12.5. The molecule has 112 valence electrons. The Morgan fingerprint density at radius 3 is 1.10 bits per heavy atom. The maximum Gasteiger partial charge on any atom is 0.0343 e. The van der Waals surface area contributed by atoms with E-state index in [0.717, 1.165) is 22.5 Å². The van der Waals surface area contributed by atoms with Gasteiger partial charge in [0.15, 0.2) is 0 Å². The van der Waals surface area contributed by atoms with E-state index in [0.29, 0.717) is 0 Å². The van der Waals surface area contributed by atoms with Crippen LogP contribution in [0.1, 0.15) is 38.8 Å². The molecule has 2 nitrogen and oxygen atoms in total. The van der Waals surface area contributed by atoms with Gasteiger partial charge in [-0.25, -0.2) is 0 Å². The van der Waals surface area contributed by atoms with Gasteiger partial charge < -0.3 is 11.5 Å². The maximum atomic E-state index is 5.52. The minimum atomic E-state index is 0. The van der Waals surface area contributed by atoms with Crippen molar-refractivity contribution in [2.75, 3.05) is 11.5 Å². The minimum absolute atomic E-state index is 0. The Kier molecular flexibility index (Phi) is 12.3. The van der Waals surface area contributed by atoms with Gasteiger partial charge >= 0.3 is 0 Å². The molecule has 0 atom stereocenters. The number of hydrogen-bond donors (Lipinski definition) is 2. The molecule has 0 heterocycles. The van der Waals surface area contributed by atoms with Gasteiger partial charge in [0.25, 0.3) is 0 Å². The van der Waals surface area contributed by atoms with Crippen molar-refractivity contribution in [3.63, 3.8) is 0 Å². The predicted molar refractivity (Wildman–Crippen MR) is 93.9 cm³/mol. The SMILES string of the molecule is C.CCC.Cc1ccccc1N.Cc1ccccc1N. The molecule has 0 aliphatic rings. The molecule has 4 N–H and O–H groups in total. The summed E-state index contributed by atoms with van der Waals surface area (Å²) in [6.07, 6.45) is 1.25. The quantitative estimate of drug-likeness (QED) is 0.648. The molecule has 0 saturated heterocycles. The Morgan fingerprint density at radius 2 is 0.950 bits per heavy atom. The molecule has 2 heteroatoms. The zero-order valence-electron chi connectivity index (χ0n) is 12.5. The van der Waals surface area contributed by atoms with Crippen molar-refractivity contribution in [3.8, 4) is 0 Å². The lowest BCUT2D eigenvalue weighted by atomic mass is 10.2. The molecule has 0 radical (unpaired) electrons. The molecular formula is C18H30N2. The summed E-state index contributed by atoms with van der Waals surface area (Å²) >= 11 is 0. The van der Waals surface area contributed by atoms with Crippen LogP contribution in [0, 0.1) is 13.8 Å². The zero-order chi connectivity index (χ0) is 14.7. The summed E-state index contributed by atoms with van der Waals surface area (Å²) in [6.45, 7) is 8.24. The molecule has 2 aromatic rings. The Bertz CT molecular complexity index is 379. The van der Waals surface area contributed by atoms with E-state index in [-0.39, 0.29) is 7.43 Å². The van der Waals surface area contributed by atoms with Crippen molar-refractivity contribution in [2.45, 2.75) is 41.5 Å². The molecule has 0 aliphatic carbocycles. The first-order valence-electron chi connectivity index (χ1n) is 6.65. The van der Waals surface area contributed by atoms with Gasteiger partial charge in [0, 0.05) is 11.4 Å². The molecule has 0 unspecified atom stereocenters. The van der Waals surface area contributed by atoms with Crippen LogP contribution in [0.4, 0.5) is 11.4 Å². The summed E-state index contributed by atoms with van der Waals surface area (Å²) in [5.41, 5.74) is 15.1. The van der Waals surface area contributed by atoms with Crippen LogP contribution < -0.4 is 11.5 Å². The highest BCUT2D eigenvalue weighted by Crippen LogP contribution is 2.07. The third kappa shape index (κ3) is 9.03. The first kappa shape index (κ1) is 20.4. The fraction of sp³-hybridized carbons (Fsp3) is 0.333. The van der Waals surface area contributed by atoms with E-state index in [4.69, 9.17) is 11.5 Å². The molecule has 2 aromatic carbocycles. The summed E-state index contributed by atoms with van der Waals surface area (Å²) in [5, 5.41) is 0. The van der Waals surface area contributed by atoms with Crippen LogP contribution in [-0.4, -0.2) is 0 Å². The standard InChI is InChI=1S/2C7H9N.C3H8.CH4/c2*1-6-4-2-3-5-7(6)8;1-3-2;/h2*2-5H,8H2,1H3;3H2,1-2H3;1H4. The van der Waals surface area contributed by atoms with Gasteiger partial charge in [-0.15, -0.1) is 0 Å². The van der Waals surface area contributed by atoms with Crippen molar-refractivity contribution >= 4 is 11.4 Å². The van der Waals surface area contributed by atoms with Crippen LogP contribution >= 0.6 is 0 Å². The maximum absolute atomic E-state index is 5.52. The number of para-hydroxylation sites is 2. The van der Waals surface area contributed by atoms with Gasteiger partial charge in [0.1, 0.15) is 0 Å². The largest absolute Gasteiger partial charge is 0.399 e. The third-order valence-electron chi connectivity index (χ3n) is 2.38. The number of nitrogens with two attached hydrogens (primary N) is 2. The van der Waals surface area contributed by atoms with Crippen molar-refractivity contribution in [1.82, 2.24) is 0 Å². The van der Waals surface area contributed by atoms with E-state index in [1.807, 2.05) is 62.4 Å². The first-order chi connectivity index (χ1) is 9.02. The molecule has 0 aliphatic heterocycles. The second-order valence-electron chi connectivity index (χ2n) is 4.42. The van der Waals surface area contributed by atoms with Crippen molar-refractivity contribution in [1.29, 1.82) is 0 Å². The van der Waals surface area contributed by atoms with E-state index in [1.165, 1.54) is 6.42 Å². The van der Waals surface area contributed by atoms with E-state index >= 15 is 0 Å². The summed E-state index contributed by atoms with van der Waals surface area (Å²) < 4.78 is 0. The van der Waals surface area contributed by atoms with E-state index in [9.17, 15) is 0 Å². The predicted octanol–water partition coefficient (Wildman–Crippen LogP) is 5.21. The third-order valence-corrected chi connectivity index (χ3v) is 2.38. The average Bonchev–Trinajstić information content (AvgIpc) is 2.38. The van der Waals surface area contributed by atoms with Crippen LogP contribution in [0.5, 0.6) is 0 Å². The van der Waals surface area contributed by atoms with E-state index < -0.39 is 0 Å². The van der Waals surface area contributed by atoms with Crippen LogP contribution in [0.3, 0.4) is 0 Å². The molecule has 0 fully saturated rings. The molecule has 0 amide bonds. The summed E-state index contributed by atoms with van der Waals surface area (Å²) in [4.78, 5) is 0. The van der Waals surface area contributed by atoms with Crippen molar-refractivity contribution in [2.24, 2.45) is 0 Å².